The van der Waals surface area contributed by atoms with Gasteiger partial charge in [0, 0.05) is 11.1 Å². The molecule has 94 valence electrons. The number of rotatable bonds is 6. The molecule has 1 aliphatic carbocycles. The molecule has 0 bridgehead atoms. The fraction of sp³-hybridized carbons (Fsp3) is 0.923. The number of amides is 1. The molecule has 1 rings (SSSR count). The SMILES string of the molecule is CCC(C)(C)NC(=O)CNC1(CC)CCC1. The summed E-state index contributed by atoms with van der Waals surface area (Å²) in [4.78, 5) is 11.7. The Labute approximate surface area is 99.4 Å². The summed E-state index contributed by atoms with van der Waals surface area (Å²) < 4.78 is 0. The first-order valence-corrected chi connectivity index (χ1v) is 6.49. The van der Waals surface area contributed by atoms with Gasteiger partial charge in [-0.2, -0.15) is 0 Å². The zero-order valence-corrected chi connectivity index (χ0v) is 11.2. The number of carbonyl (C=O) groups is 1. The summed E-state index contributed by atoms with van der Waals surface area (Å²) in [5.41, 5.74) is 0.172. The summed E-state index contributed by atoms with van der Waals surface area (Å²) >= 11 is 0. The van der Waals surface area contributed by atoms with Crippen LogP contribution in [0.25, 0.3) is 0 Å². The Bertz CT molecular complexity index is 239. The van der Waals surface area contributed by atoms with E-state index in [1.807, 2.05) is 0 Å². The van der Waals surface area contributed by atoms with E-state index in [0.29, 0.717) is 6.54 Å². The molecule has 0 aromatic carbocycles. The minimum atomic E-state index is -0.0856. The van der Waals surface area contributed by atoms with Crippen molar-refractivity contribution in [3.8, 4) is 0 Å². The molecule has 0 spiro atoms. The quantitative estimate of drug-likeness (QED) is 0.729. The Balaban J connectivity index is 2.30. The number of nitrogens with one attached hydrogen (secondary N) is 2. The van der Waals surface area contributed by atoms with E-state index in [-0.39, 0.29) is 17.0 Å². The Morgan fingerprint density at radius 1 is 1.31 bits per heavy atom. The van der Waals surface area contributed by atoms with Gasteiger partial charge in [-0.3, -0.25) is 4.79 Å². The van der Waals surface area contributed by atoms with Gasteiger partial charge in [0.2, 0.25) is 5.91 Å². The Morgan fingerprint density at radius 3 is 2.31 bits per heavy atom. The molecule has 3 nitrogen and oxygen atoms in total. The first-order valence-electron chi connectivity index (χ1n) is 6.49. The Hall–Kier alpha value is -0.570. The Morgan fingerprint density at radius 2 is 1.94 bits per heavy atom. The van der Waals surface area contributed by atoms with E-state index in [1.54, 1.807) is 0 Å². The van der Waals surface area contributed by atoms with Crippen molar-refractivity contribution in [2.24, 2.45) is 0 Å². The maximum Gasteiger partial charge on any atom is 0.234 e. The van der Waals surface area contributed by atoms with Gasteiger partial charge in [0.25, 0.3) is 0 Å². The topological polar surface area (TPSA) is 41.1 Å². The standard InChI is InChI=1S/C13H26N2O/c1-5-12(3,4)15-11(16)10-14-13(6-2)8-7-9-13/h14H,5-10H2,1-4H3,(H,15,16). The second-order valence-electron chi connectivity index (χ2n) is 5.63. The molecule has 0 aliphatic heterocycles. The molecule has 0 radical (unpaired) electrons. The summed E-state index contributed by atoms with van der Waals surface area (Å²) in [6, 6.07) is 0. The van der Waals surface area contributed by atoms with Gasteiger partial charge in [-0.1, -0.05) is 13.8 Å². The van der Waals surface area contributed by atoms with Crippen molar-refractivity contribution in [1.29, 1.82) is 0 Å². The number of carbonyl (C=O) groups excluding carboxylic acids is 1. The van der Waals surface area contributed by atoms with E-state index < -0.39 is 0 Å². The minimum absolute atomic E-state index is 0.0856. The van der Waals surface area contributed by atoms with Crippen LogP contribution in [0.5, 0.6) is 0 Å². The van der Waals surface area contributed by atoms with E-state index in [1.165, 1.54) is 19.3 Å². The zero-order valence-electron chi connectivity index (χ0n) is 11.2. The third-order valence-corrected chi connectivity index (χ3v) is 3.97. The number of hydrogen-bond donors (Lipinski definition) is 2. The molecule has 0 aromatic heterocycles. The molecule has 1 saturated carbocycles. The van der Waals surface area contributed by atoms with Crippen molar-refractivity contribution < 1.29 is 4.79 Å². The molecular formula is C13H26N2O. The maximum atomic E-state index is 11.7. The first kappa shape index (κ1) is 13.5. The Kier molecular flexibility index (Phi) is 4.36. The van der Waals surface area contributed by atoms with Crippen molar-refractivity contribution in [3.63, 3.8) is 0 Å². The van der Waals surface area contributed by atoms with Gasteiger partial charge in [0.1, 0.15) is 0 Å². The maximum absolute atomic E-state index is 11.7. The van der Waals surface area contributed by atoms with Gasteiger partial charge < -0.3 is 10.6 Å². The largest absolute Gasteiger partial charge is 0.350 e. The van der Waals surface area contributed by atoms with Crippen molar-refractivity contribution in [1.82, 2.24) is 10.6 Å². The zero-order chi connectivity index (χ0) is 12.2. The van der Waals surface area contributed by atoms with Crippen LogP contribution >= 0.6 is 0 Å². The fourth-order valence-electron chi connectivity index (χ4n) is 2.04. The van der Waals surface area contributed by atoms with Crippen LogP contribution in [0.2, 0.25) is 0 Å². The second kappa shape index (κ2) is 5.17. The molecule has 0 atom stereocenters. The van der Waals surface area contributed by atoms with Crippen LogP contribution in [0, 0.1) is 0 Å². The highest BCUT2D eigenvalue weighted by Gasteiger charge is 2.34. The lowest BCUT2D eigenvalue weighted by Crippen LogP contribution is -2.55. The first-order chi connectivity index (χ1) is 7.43. The van der Waals surface area contributed by atoms with Gasteiger partial charge in [0.15, 0.2) is 0 Å². The molecule has 16 heavy (non-hydrogen) atoms. The highest BCUT2D eigenvalue weighted by atomic mass is 16.2. The normalized spacial score (nSPS) is 19.0. The van der Waals surface area contributed by atoms with Crippen LogP contribution < -0.4 is 10.6 Å². The van der Waals surface area contributed by atoms with Crippen LogP contribution in [-0.4, -0.2) is 23.5 Å². The molecule has 3 heteroatoms. The van der Waals surface area contributed by atoms with Crippen molar-refractivity contribution in [2.45, 2.75) is 70.9 Å². The summed E-state index contributed by atoms with van der Waals surface area (Å²) in [5, 5.41) is 6.47. The molecule has 1 amide bonds. The number of hydrogen-bond acceptors (Lipinski definition) is 2. The van der Waals surface area contributed by atoms with Gasteiger partial charge in [-0.15, -0.1) is 0 Å². The predicted octanol–water partition coefficient (Wildman–Crippen LogP) is 2.21. The van der Waals surface area contributed by atoms with Gasteiger partial charge in [-0.05, 0) is 46.0 Å². The van der Waals surface area contributed by atoms with Gasteiger partial charge in [-0.25, -0.2) is 0 Å². The summed E-state index contributed by atoms with van der Waals surface area (Å²) in [6.07, 6.45) is 5.81. The lowest BCUT2D eigenvalue weighted by molar-refractivity contribution is -0.122. The third kappa shape index (κ3) is 3.48. The molecular weight excluding hydrogens is 200 g/mol. The summed E-state index contributed by atoms with van der Waals surface area (Å²) in [7, 11) is 0. The molecule has 0 unspecified atom stereocenters. The molecule has 1 aliphatic rings. The van der Waals surface area contributed by atoms with Gasteiger partial charge >= 0.3 is 0 Å². The van der Waals surface area contributed by atoms with Crippen LogP contribution in [0.15, 0.2) is 0 Å². The van der Waals surface area contributed by atoms with Crippen LogP contribution in [0.1, 0.15) is 59.8 Å². The monoisotopic (exact) mass is 226 g/mol. The van der Waals surface area contributed by atoms with Crippen LogP contribution in [0.4, 0.5) is 0 Å². The lowest BCUT2D eigenvalue weighted by Gasteiger charge is -2.42. The smallest absolute Gasteiger partial charge is 0.234 e. The van der Waals surface area contributed by atoms with Crippen molar-refractivity contribution in [3.05, 3.63) is 0 Å². The van der Waals surface area contributed by atoms with Gasteiger partial charge in [0.05, 0.1) is 6.54 Å². The molecule has 0 heterocycles. The second-order valence-corrected chi connectivity index (χ2v) is 5.63. The molecule has 0 saturated heterocycles. The van der Waals surface area contributed by atoms with E-state index in [2.05, 4.69) is 38.3 Å². The van der Waals surface area contributed by atoms with E-state index >= 15 is 0 Å². The molecule has 1 fully saturated rings. The molecule has 0 aromatic rings. The van der Waals surface area contributed by atoms with Crippen LogP contribution in [0.3, 0.4) is 0 Å². The summed E-state index contributed by atoms with van der Waals surface area (Å²) in [6.45, 7) is 8.86. The fourth-order valence-corrected chi connectivity index (χ4v) is 2.04. The lowest BCUT2D eigenvalue weighted by atomic mass is 9.75. The summed E-state index contributed by atoms with van der Waals surface area (Å²) in [5.74, 6) is 0.117. The van der Waals surface area contributed by atoms with Crippen molar-refractivity contribution >= 4 is 5.91 Å². The minimum Gasteiger partial charge on any atom is -0.350 e. The van der Waals surface area contributed by atoms with E-state index in [9.17, 15) is 4.79 Å². The highest BCUT2D eigenvalue weighted by Crippen LogP contribution is 2.34. The highest BCUT2D eigenvalue weighted by molar-refractivity contribution is 5.78. The van der Waals surface area contributed by atoms with Crippen molar-refractivity contribution in [2.75, 3.05) is 6.54 Å². The third-order valence-electron chi connectivity index (χ3n) is 3.97. The van der Waals surface area contributed by atoms with E-state index in [4.69, 9.17) is 0 Å². The molecule has 2 N–H and O–H groups in total. The average molecular weight is 226 g/mol. The average Bonchev–Trinajstić information content (AvgIpc) is 2.16. The van der Waals surface area contributed by atoms with Crippen LogP contribution in [-0.2, 0) is 4.79 Å². The predicted molar refractivity (Wildman–Crippen MR) is 67.4 cm³/mol. The van der Waals surface area contributed by atoms with E-state index in [0.717, 1.165) is 12.8 Å².